The number of amides is 1. The number of nitrogens with one attached hydrogen (secondary N) is 1. The van der Waals surface area contributed by atoms with Crippen LogP contribution >= 0.6 is 0 Å². The molecule has 0 fully saturated rings. The fourth-order valence-electron chi connectivity index (χ4n) is 1.49. The van der Waals surface area contributed by atoms with Gasteiger partial charge < -0.3 is 15.8 Å². The van der Waals surface area contributed by atoms with Crippen LogP contribution in [0.25, 0.3) is 0 Å². The Morgan fingerprint density at radius 3 is 3.00 bits per heavy atom. The molecule has 0 radical (unpaired) electrons. The fraction of sp³-hybridized carbons (Fsp3) is 0.500. The molecular weight excluding hydrogens is 218 g/mol. The van der Waals surface area contributed by atoms with Gasteiger partial charge in [-0.25, -0.2) is 0 Å². The predicted octanol–water partition coefficient (Wildman–Crippen LogP) is 1.08. The van der Waals surface area contributed by atoms with Crippen LogP contribution in [0.3, 0.4) is 0 Å². The van der Waals surface area contributed by atoms with E-state index in [1.807, 2.05) is 19.9 Å². The van der Waals surface area contributed by atoms with Gasteiger partial charge in [-0.1, -0.05) is 0 Å². The topological polar surface area (TPSA) is 77.2 Å². The van der Waals surface area contributed by atoms with Crippen molar-refractivity contribution in [1.82, 2.24) is 4.98 Å². The van der Waals surface area contributed by atoms with Crippen LogP contribution in [0, 0.1) is 6.92 Å². The Labute approximate surface area is 101 Å². The highest BCUT2D eigenvalue weighted by atomic mass is 16.5. The summed E-state index contributed by atoms with van der Waals surface area (Å²) in [5, 5.41) is 2.79. The summed E-state index contributed by atoms with van der Waals surface area (Å²) in [7, 11) is 0. The van der Waals surface area contributed by atoms with Crippen LogP contribution in [0.5, 0.6) is 0 Å². The number of anilines is 1. The smallest absolute Gasteiger partial charge is 0.227 e. The molecular formula is C12H19N3O2. The third kappa shape index (κ3) is 4.93. The van der Waals surface area contributed by atoms with Gasteiger partial charge in [0.15, 0.2) is 0 Å². The van der Waals surface area contributed by atoms with Gasteiger partial charge in [-0.2, -0.15) is 0 Å². The van der Waals surface area contributed by atoms with Crippen LogP contribution in [-0.2, 0) is 9.53 Å². The van der Waals surface area contributed by atoms with Crippen LogP contribution in [-0.4, -0.2) is 30.1 Å². The maximum absolute atomic E-state index is 11.7. The van der Waals surface area contributed by atoms with E-state index in [1.54, 1.807) is 12.3 Å². The van der Waals surface area contributed by atoms with Crippen molar-refractivity contribution in [2.24, 2.45) is 5.73 Å². The predicted molar refractivity (Wildman–Crippen MR) is 66.7 cm³/mol. The average Bonchev–Trinajstić information content (AvgIpc) is 2.28. The maximum Gasteiger partial charge on any atom is 0.227 e. The third-order valence-electron chi connectivity index (χ3n) is 2.26. The molecule has 1 rings (SSSR count). The summed E-state index contributed by atoms with van der Waals surface area (Å²) < 4.78 is 5.33. The zero-order valence-electron chi connectivity index (χ0n) is 10.3. The van der Waals surface area contributed by atoms with E-state index in [4.69, 9.17) is 10.5 Å². The maximum atomic E-state index is 11.7. The molecule has 5 nitrogen and oxygen atoms in total. The first-order chi connectivity index (χ1) is 8.15. The van der Waals surface area contributed by atoms with Crippen molar-refractivity contribution in [3.63, 3.8) is 0 Å². The molecule has 0 saturated carbocycles. The number of aryl methyl sites for hydroxylation is 1. The zero-order valence-corrected chi connectivity index (χ0v) is 10.3. The Kier molecular flexibility index (Phi) is 5.59. The molecule has 3 N–H and O–H groups in total. The van der Waals surface area contributed by atoms with Gasteiger partial charge in [0.1, 0.15) is 0 Å². The van der Waals surface area contributed by atoms with Gasteiger partial charge in [-0.05, 0) is 26.0 Å². The number of pyridine rings is 1. The Bertz CT molecular complexity index is 369. The number of hydrogen-bond acceptors (Lipinski definition) is 4. The SMILES string of the molecule is CCOC(CN)CC(=O)Nc1ccnc(C)c1. The van der Waals surface area contributed by atoms with Gasteiger partial charge in [0.25, 0.3) is 0 Å². The second-order valence-corrected chi connectivity index (χ2v) is 3.75. The Hall–Kier alpha value is -1.46. The molecule has 0 aliphatic heterocycles. The minimum absolute atomic E-state index is 0.0977. The monoisotopic (exact) mass is 237 g/mol. The summed E-state index contributed by atoms with van der Waals surface area (Å²) in [5.74, 6) is -0.0977. The lowest BCUT2D eigenvalue weighted by atomic mass is 10.2. The molecule has 0 aliphatic carbocycles. The lowest BCUT2D eigenvalue weighted by Gasteiger charge is -2.14. The molecule has 0 spiro atoms. The molecule has 0 bridgehead atoms. The van der Waals surface area contributed by atoms with E-state index in [0.717, 1.165) is 11.4 Å². The van der Waals surface area contributed by atoms with Gasteiger partial charge in [-0.15, -0.1) is 0 Å². The van der Waals surface area contributed by atoms with E-state index < -0.39 is 0 Å². The van der Waals surface area contributed by atoms with Crippen molar-refractivity contribution in [2.45, 2.75) is 26.4 Å². The van der Waals surface area contributed by atoms with Gasteiger partial charge in [0.2, 0.25) is 5.91 Å². The Balaban J connectivity index is 2.49. The van der Waals surface area contributed by atoms with E-state index >= 15 is 0 Å². The average molecular weight is 237 g/mol. The van der Waals surface area contributed by atoms with Crippen molar-refractivity contribution in [1.29, 1.82) is 0 Å². The minimum atomic E-state index is -0.220. The third-order valence-corrected chi connectivity index (χ3v) is 2.26. The molecule has 1 unspecified atom stereocenters. The van der Waals surface area contributed by atoms with Crippen molar-refractivity contribution in [2.75, 3.05) is 18.5 Å². The molecule has 1 aromatic rings. The molecule has 1 amide bonds. The van der Waals surface area contributed by atoms with E-state index in [9.17, 15) is 4.79 Å². The van der Waals surface area contributed by atoms with E-state index in [1.165, 1.54) is 0 Å². The number of aromatic nitrogens is 1. The summed E-state index contributed by atoms with van der Waals surface area (Å²) in [6.07, 6.45) is 1.71. The Morgan fingerprint density at radius 2 is 2.41 bits per heavy atom. The van der Waals surface area contributed by atoms with Crippen molar-refractivity contribution in [3.8, 4) is 0 Å². The first-order valence-electron chi connectivity index (χ1n) is 5.70. The van der Waals surface area contributed by atoms with Crippen LogP contribution in [0.2, 0.25) is 0 Å². The van der Waals surface area contributed by atoms with Crippen LogP contribution in [0.15, 0.2) is 18.3 Å². The highest BCUT2D eigenvalue weighted by Gasteiger charge is 2.12. The molecule has 17 heavy (non-hydrogen) atoms. The summed E-state index contributed by atoms with van der Waals surface area (Å²) in [6, 6.07) is 3.57. The number of nitrogens with zero attached hydrogens (tertiary/aromatic N) is 1. The van der Waals surface area contributed by atoms with E-state index in [0.29, 0.717) is 13.2 Å². The van der Waals surface area contributed by atoms with E-state index in [-0.39, 0.29) is 18.4 Å². The van der Waals surface area contributed by atoms with Gasteiger partial charge in [-0.3, -0.25) is 9.78 Å². The fourth-order valence-corrected chi connectivity index (χ4v) is 1.49. The number of carbonyl (C=O) groups excluding carboxylic acids is 1. The number of rotatable bonds is 6. The standard InChI is InChI=1S/C12H19N3O2/c1-3-17-11(8-13)7-12(16)15-10-4-5-14-9(2)6-10/h4-6,11H,3,7-8,13H2,1-2H3,(H,14,15,16). The molecule has 1 aromatic heterocycles. The number of carbonyl (C=O) groups is 1. The first kappa shape index (κ1) is 13.6. The minimum Gasteiger partial charge on any atom is -0.377 e. The molecule has 1 heterocycles. The summed E-state index contributed by atoms with van der Waals surface area (Å²) >= 11 is 0. The molecule has 1 atom stereocenters. The lowest BCUT2D eigenvalue weighted by molar-refractivity contribution is -0.118. The second kappa shape index (κ2) is 6.98. The lowest BCUT2D eigenvalue weighted by Crippen LogP contribution is -2.29. The second-order valence-electron chi connectivity index (χ2n) is 3.75. The first-order valence-corrected chi connectivity index (χ1v) is 5.70. The normalized spacial score (nSPS) is 12.2. The van der Waals surface area contributed by atoms with Crippen LogP contribution in [0.1, 0.15) is 19.0 Å². The van der Waals surface area contributed by atoms with Crippen LogP contribution < -0.4 is 11.1 Å². The quantitative estimate of drug-likeness (QED) is 0.776. The molecule has 0 aliphatic rings. The molecule has 0 aromatic carbocycles. The van der Waals surface area contributed by atoms with E-state index in [2.05, 4.69) is 10.3 Å². The number of ether oxygens (including phenoxy) is 1. The van der Waals surface area contributed by atoms with Gasteiger partial charge in [0.05, 0.1) is 12.5 Å². The molecule has 94 valence electrons. The largest absolute Gasteiger partial charge is 0.377 e. The number of hydrogen-bond donors (Lipinski definition) is 2. The summed E-state index contributed by atoms with van der Waals surface area (Å²) in [5.41, 5.74) is 7.12. The summed E-state index contributed by atoms with van der Waals surface area (Å²) in [4.78, 5) is 15.8. The highest BCUT2D eigenvalue weighted by molar-refractivity contribution is 5.91. The van der Waals surface area contributed by atoms with Gasteiger partial charge in [0, 0.05) is 30.7 Å². The molecule has 0 saturated heterocycles. The highest BCUT2D eigenvalue weighted by Crippen LogP contribution is 2.08. The van der Waals surface area contributed by atoms with Crippen molar-refractivity contribution < 1.29 is 9.53 Å². The van der Waals surface area contributed by atoms with Crippen molar-refractivity contribution >= 4 is 11.6 Å². The van der Waals surface area contributed by atoms with Crippen molar-refractivity contribution in [3.05, 3.63) is 24.0 Å². The zero-order chi connectivity index (χ0) is 12.7. The summed E-state index contributed by atoms with van der Waals surface area (Å²) in [6.45, 7) is 4.66. The van der Waals surface area contributed by atoms with Gasteiger partial charge >= 0.3 is 0 Å². The molecule has 5 heteroatoms. The van der Waals surface area contributed by atoms with Crippen LogP contribution in [0.4, 0.5) is 5.69 Å². The number of nitrogens with two attached hydrogens (primary N) is 1. The Morgan fingerprint density at radius 1 is 1.65 bits per heavy atom.